The molecular weight excluding hydrogens is 456 g/mol. The zero-order valence-electron chi connectivity index (χ0n) is 16.1. The highest BCUT2D eigenvalue weighted by Gasteiger charge is 2.34. The minimum Gasteiger partial charge on any atom is -0.366 e. The molecule has 0 amide bonds. The molecule has 0 radical (unpaired) electrons. The molecule has 1 saturated carbocycles. The molecule has 2 saturated heterocycles. The fourth-order valence-electron chi connectivity index (χ4n) is 4.24. The summed E-state index contributed by atoms with van der Waals surface area (Å²) in [5.41, 5.74) is 0.709. The molecule has 5 nitrogen and oxygen atoms in total. The fraction of sp³-hybridized carbons (Fsp3) is 0.650. The molecule has 0 aromatic heterocycles. The van der Waals surface area contributed by atoms with E-state index >= 15 is 0 Å². The van der Waals surface area contributed by atoms with Crippen LogP contribution in [0.1, 0.15) is 19.3 Å². The number of piperazine rings is 1. The second-order valence-electron chi connectivity index (χ2n) is 7.73. The quantitative estimate of drug-likeness (QED) is 0.403. The lowest BCUT2D eigenvalue weighted by Crippen LogP contribution is -2.53. The topological polar surface area (TPSA) is 34.1 Å². The van der Waals surface area contributed by atoms with Gasteiger partial charge >= 0.3 is 0 Å². The van der Waals surface area contributed by atoms with Crippen molar-refractivity contribution >= 4 is 35.6 Å². The van der Waals surface area contributed by atoms with E-state index in [1.807, 2.05) is 19.2 Å². The number of halogens is 2. The van der Waals surface area contributed by atoms with Crippen LogP contribution in [0.5, 0.6) is 0 Å². The number of likely N-dealkylation sites (tertiary alicyclic amines) is 1. The van der Waals surface area contributed by atoms with Crippen molar-refractivity contribution in [2.45, 2.75) is 25.3 Å². The maximum Gasteiger partial charge on any atom is 0.193 e. The predicted molar refractivity (Wildman–Crippen MR) is 120 cm³/mol. The molecule has 27 heavy (non-hydrogen) atoms. The van der Waals surface area contributed by atoms with Crippen LogP contribution in [0.15, 0.2) is 29.3 Å². The summed E-state index contributed by atoms with van der Waals surface area (Å²) in [5, 5.41) is 3.58. The van der Waals surface area contributed by atoms with Gasteiger partial charge in [-0.15, -0.1) is 24.0 Å². The minimum atomic E-state index is -0.134. The van der Waals surface area contributed by atoms with Crippen LogP contribution in [0.4, 0.5) is 10.1 Å². The van der Waals surface area contributed by atoms with Gasteiger partial charge in [-0.2, -0.15) is 0 Å². The Labute approximate surface area is 179 Å². The summed E-state index contributed by atoms with van der Waals surface area (Å²) in [4.78, 5) is 11.6. The van der Waals surface area contributed by atoms with E-state index in [1.54, 1.807) is 6.07 Å². The standard InChI is InChI=1S/C20H30FN5.HI/c1-22-20(23-14-16-8-9-26(15-16)17-6-7-17)25-12-10-24(11-13-25)19-5-3-2-4-18(19)21;/h2-5,16-17H,6-15H2,1H3,(H,22,23);1H. The first-order chi connectivity index (χ1) is 12.7. The van der Waals surface area contributed by atoms with Crippen LogP contribution in [0.2, 0.25) is 0 Å². The van der Waals surface area contributed by atoms with Crippen molar-refractivity contribution in [2.75, 3.05) is 57.8 Å². The number of hydrogen-bond donors (Lipinski definition) is 1. The number of anilines is 1. The van der Waals surface area contributed by atoms with E-state index < -0.39 is 0 Å². The number of guanidine groups is 1. The lowest BCUT2D eigenvalue weighted by Gasteiger charge is -2.38. The van der Waals surface area contributed by atoms with Gasteiger partial charge in [0.15, 0.2) is 5.96 Å². The zero-order chi connectivity index (χ0) is 17.9. The summed E-state index contributed by atoms with van der Waals surface area (Å²) >= 11 is 0. The van der Waals surface area contributed by atoms with Crippen LogP contribution in [0.3, 0.4) is 0 Å². The van der Waals surface area contributed by atoms with Crippen molar-refractivity contribution in [3.63, 3.8) is 0 Å². The average molecular weight is 487 g/mol. The smallest absolute Gasteiger partial charge is 0.193 e. The number of aliphatic imine (C=N–C) groups is 1. The van der Waals surface area contributed by atoms with E-state index in [4.69, 9.17) is 0 Å². The van der Waals surface area contributed by atoms with Gasteiger partial charge in [-0.25, -0.2) is 4.39 Å². The molecule has 2 heterocycles. The Morgan fingerprint density at radius 3 is 2.52 bits per heavy atom. The third kappa shape index (κ3) is 5.04. The Kier molecular flexibility index (Phi) is 7.19. The van der Waals surface area contributed by atoms with Gasteiger partial charge in [0.05, 0.1) is 5.69 Å². The molecule has 2 aliphatic heterocycles. The Hall–Kier alpha value is -1.09. The van der Waals surface area contributed by atoms with Crippen LogP contribution >= 0.6 is 24.0 Å². The maximum absolute atomic E-state index is 14.0. The third-order valence-corrected chi connectivity index (χ3v) is 5.91. The first-order valence-corrected chi connectivity index (χ1v) is 9.93. The molecule has 1 N–H and O–H groups in total. The molecule has 150 valence electrons. The maximum atomic E-state index is 14.0. The van der Waals surface area contributed by atoms with Gasteiger partial charge in [0.1, 0.15) is 5.82 Å². The lowest BCUT2D eigenvalue weighted by atomic mass is 10.1. The van der Waals surface area contributed by atoms with Crippen molar-refractivity contribution in [3.05, 3.63) is 30.1 Å². The lowest BCUT2D eigenvalue weighted by molar-refractivity contribution is 0.312. The SMILES string of the molecule is CN=C(NCC1CCN(C2CC2)C1)N1CCN(c2ccccc2F)CC1.I. The number of benzene rings is 1. The van der Waals surface area contributed by atoms with E-state index in [9.17, 15) is 4.39 Å². The molecule has 7 heteroatoms. The number of para-hydroxylation sites is 1. The van der Waals surface area contributed by atoms with Crippen LogP contribution in [-0.4, -0.2) is 74.7 Å². The summed E-state index contributed by atoms with van der Waals surface area (Å²) in [6.07, 6.45) is 4.09. The monoisotopic (exact) mass is 487 g/mol. The second-order valence-corrected chi connectivity index (χ2v) is 7.73. The van der Waals surface area contributed by atoms with Crippen molar-refractivity contribution in [3.8, 4) is 0 Å². The molecule has 4 rings (SSSR count). The van der Waals surface area contributed by atoms with Gasteiger partial charge in [0.25, 0.3) is 0 Å². The summed E-state index contributed by atoms with van der Waals surface area (Å²) in [5.74, 6) is 1.58. The molecule has 1 aliphatic carbocycles. The zero-order valence-corrected chi connectivity index (χ0v) is 18.4. The molecule has 3 fully saturated rings. The number of nitrogens with one attached hydrogen (secondary N) is 1. The average Bonchev–Trinajstić information content (AvgIpc) is 3.42. The van der Waals surface area contributed by atoms with Crippen LogP contribution in [0.25, 0.3) is 0 Å². The Morgan fingerprint density at radius 2 is 1.85 bits per heavy atom. The Balaban J connectivity index is 0.00000210. The molecule has 1 aromatic carbocycles. The minimum absolute atomic E-state index is 0. The fourth-order valence-corrected chi connectivity index (χ4v) is 4.24. The molecule has 1 aromatic rings. The van der Waals surface area contributed by atoms with Crippen molar-refractivity contribution in [1.82, 2.24) is 15.1 Å². The largest absolute Gasteiger partial charge is 0.366 e. The number of rotatable bonds is 4. The summed E-state index contributed by atoms with van der Waals surface area (Å²) < 4.78 is 14.0. The summed E-state index contributed by atoms with van der Waals surface area (Å²) in [7, 11) is 1.86. The first kappa shape index (κ1) is 20.6. The van der Waals surface area contributed by atoms with Crippen molar-refractivity contribution in [1.29, 1.82) is 0 Å². The highest BCUT2D eigenvalue weighted by atomic mass is 127. The summed E-state index contributed by atoms with van der Waals surface area (Å²) in [6, 6.07) is 7.93. The number of hydrogen-bond acceptors (Lipinski definition) is 3. The van der Waals surface area contributed by atoms with E-state index in [2.05, 4.69) is 25.0 Å². The van der Waals surface area contributed by atoms with Crippen molar-refractivity contribution < 1.29 is 4.39 Å². The highest BCUT2D eigenvalue weighted by molar-refractivity contribution is 14.0. The Morgan fingerprint density at radius 1 is 1.11 bits per heavy atom. The van der Waals surface area contributed by atoms with Gasteiger partial charge in [-0.1, -0.05) is 12.1 Å². The summed E-state index contributed by atoms with van der Waals surface area (Å²) in [6.45, 7) is 6.87. The van der Waals surface area contributed by atoms with Gasteiger partial charge in [0.2, 0.25) is 0 Å². The normalized spacial score (nSPS) is 24.1. The van der Waals surface area contributed by atoms with Gasteiger partial charge < -0.3 is 20.0 Å². The van der Waals surface area contributed by atoms with Gasteiger partial charge in [-0.3, -0.25) is 4.99 Å². The molecule has 1 unspecified atom stereocenters. The van der Waals surface area contributed by atoms with Gasteiger partial charge in [-0.05, 0) is 43.9 Å². The Bertz CT molecular complexity index is 643. The molecule has 0 bridgehead atoms. The molecule has 3 aliphatic rings. The molecule has 1 atom stereocenters. The van der Waals surface area contributed by atoms with Crippen LogP contribution < -0.4 is 10.2 Å². The van der Waals surface area contributed by atoms with Crippen LogP contribution in [-0.2, 0) is 0 Å². The number of nitrogens with zero attached hydrogens (tertiary/aromatic N) is 4. The predicted octanol–water partition coefficient (Wildman–Crippen LogP) is 2.63. The van der Waals surface area contributed by atoms with E-state index in [-0.39, 0.29) is 29.8 Å². The van der Waals surface area contributed by atoms with Crippen molar-refractivity contribution in [2.24, 2.45) is 10.9 Å². The van der Waals surface area contributed by atoms with E-state index in [1.165, 1.54) is 38.4 Å². The van der Waals surface area contributed by atoms with Gasteiger partial charge in [0, 0.05) is 52.4 Å². The van der Waals surface area contributed by atoms with E-state index in [0.29, 0.717) is 5.69 Å². The molecular formula is C20H31FIN5. The second kappa shape index (κ2) is 9.41. The molecule has 0 spiro atoms. The highest BCUT2D eigenvalue weighted by Crippen LogP contribution is 2.31. The van der Waals surface area contributed by atoms with Crippen LogP contribution in [0, 0.1) is 11.7 Å². The third-order valence-electron chi connectivity index (χ3n) is 5.91. The van der Waals surface area contributed by atoms with E-state index in [0.717, 1.165) is 50.6 Å². The first-order valence-electron chi connectivity index (χ1n) is 9.93.